The van der Waals surface area contributed by atoms with Crippen LogP contribution in [-0.4, -0.2) is 47.0 Å². The number of piperidine rings is 2. The van der Waals surface area contributed by atoms with E-state index < -0.39 is 0 Å². The van der Waals surface area contributed by atoms with Gasteiger partial charge in [-0.2, -0.15) is 0 Å². The Labute approximate surface area is 200 Å². The maximum absolute atomic E-state index is 13.8. The summed E-state index contributed by atoms with van der Waals surface area (Å²) in [6.45, 7) is 5.39. The fourth-order valence-corrected chi connectivity index (χ4v) is 5.60. The van der Waals surface area contributed by atoms with E-state index in [0.717, 1.165) is 71.7 Å². The van der Waals surface area contributed by atoms with Gasteiger partial charge in [0.15, 0.2) is 0 Å². The molecule has 3 aromatic carbocycles. The molecule has 170 valence electrons. The molecule has 3 heterocycles. The molecule has 34 heavy (non-hydrogen) atoms. The van der Waals surface area contributed by atoms with Gasteiger partial charge in [-0.25, -0.2) is 9.97 Å². The number of rotatable bonds is 3. The fraction of sp³-hybridized carbons (Fsp3) is 0.276. The third kappa shape index (κ3) is 3.92. The van der Waals surface area contributed by atoms with Crippen LogP contribution in [0.3, 0.4) is 0 Å². The molecular formula is C29H28N4O. The zero-order chi connectivity index (χ0) is 23.1. The first-order chi connectivity index (χ1) is 16.6. The zero-order valence-corrected chi connectivity index (χ0v) is 19.4. The molecular weight excluding hydrogens is 420 g/mol. The molecule has 2 aliphatic rings. The number of aryl methyl sites for hydroxylation is 1. The summed E-state index contributed by atoms with van der Waals surface area (Å²) in [5, 5.41) is 1.06. The minimum absolute atomic E-state index is 0.146. The fourth-order valence-electron chi connectivity index (χ4n) is 5.60. The number of anilines is 1. The van der Waals surface area contributed by atoms with E-state index in [-0.39, 0.29) is 5.91 Å². The van der Waals surface area contributed by atoms with Crippen molar-refractivity contribution in [2.45, 2.75) is 13.3 Å². The summed E-state index contributed by atoms with van der Waals surface area (Å²) < 4.78 is 0. The van der Waals surface area contributed by atoms with Crippen molar-refractivity contribution in [3.8, 4) is 11.1 Å². The number of carbonyl (C=O) groups is 1. The summed E-state index contributed by atoms with van der Waals surface area (Å²) in [5.74, 6) is 1.80. The van der Waals surface area contributed by atoms with E-state index >= 15 is 0 Å². The Bertz CT molecular complexity index is 1340. The van der Waals surface area contributed by atoms with Crippen LogP contribution in [0.15, 0.2) is 79.0 Å². The molecule has 4 aromatic rings. The van der Waals surface area contributed by atoms with Crippen molar-refractivity contribution in [1.29, 1.82) is 0 Å². The van der Waals surface area contributed by atoms with Gasteiger partial charge in [0, 0.05) is 43.3 Å². The average Bonchev–Trinajstić information content (AvgIpc) is 2.88. The lowest BCUT2D eigenvalue weighted by Gasteiger charge is -2.46. The molecule has 2 fully saturated rings. The number of hydrogen-bond donors (Lipinski definition) is 0. The van der Waals surface area contributed by atoms with Crippen LogP contribution >= 0.6 is 0 Å². The summed E-state index contributed by atoms with van der Waals surface area (Å²) in [6.07, 6.45) is 3.08. The van der Waals surface area contributed by atoms with Crippen LogP contribution in [0.25, 0.3) is 22.0 Å². The van der Waals surface area contributed by atoms with E-state index in [2.05, 4.69) is 46.0 Å². The van der Waals surface area contributed by atoms with Crippen molar-refractivity contribution in [1.82, 2.24) is 14.9 Å². The lowest BCUT2D eigenvalue weighted by molar-refractivity contribution is 0.0564. The Balaban J connectivity index is 1.23. The predicted molar refractivity (Wildman–Crippen MR) is 136 cm³/mol. The highest BCUT2D eigenvalue weighted by Gasteiger charge is 2.37. The number of nitrogens with zero attached hydrogens (tertiary/aromatic N) is 4. The van der Waals surface area contributed by atoms with Gasteiger partial charge in [-0.3, -0.25) is 4.79 Å². The molecule has 1 aromatic heterocycles. The molecule has 0 N–H and O–H groups in total. The molecule has 0 radical (unpaired) electrons. The number of hydrogen-bond acceptors (Lipinski definition) is 4. The van der Waals surface area contributed by atoms with Gasteiger partial charge < -0.3 is 9.80 Å². The van der Waals surface area contributed by atoms with E-state index in [1.807, 2.05) is 54.7 Å². The number of likely N-dealkylation sites (tertiary alicyclic amines) is 1. The number of para-hydroxylation sites is 1. The summed E-state index contributed by atoms with van der Waals surface area (Å²) in [5.41, 5.74) is 4.99. The molecule has 5 heteroatoms. The standard InChI is InChI=1S/C29H28N4O/c1-20-11-12-25(23-7-3-2-4-8-23)26(13-20)28(34)32-16-21-14-22(17-32)19-33(18-21)29-30-15-24-9-5-6-10-27(24)31-29/h2-13,15,21-22H,14,16-19H2,1H3. The van der Waals surface area contributed by atoms with Crippen LogP contribution in [0.1, 0.15) is 22.3 Å². The lowest BCUT2D eigenvalue weighted by atomic mass is 9.84. The molecule has 2 atom stereocenters. The van der Waals surface area contributed by atoms with Gasteiger partial charge in [0.2, 0.25) is 5.95 Å². The molecule has 5 nitrogen and oxygen atoms in total. The highest BCUT2D eigenvalue weighted by molar-refractivity contribution is 6.01. The van der Waals surface area contributed by atoms with Gasteiger partial charge in [-0.15, -0.1) is 0 Å². The van der Waals surface area contributed by atoms with Crippen molar-refractivity contribution in [2.24, 2.45) is 11.8 Å². The van der Waals surface area contributed by atoms with E-state index in [1.54, 1.807) is 0 Å². The van der Waals surface area contributed by atoms with Gasteiger partial charge in [0.05, 0.1) is 5.52 Å². The van der Waals surface area contributed by atoms with Crippen LogP contribution in [0, 0.1) is 18.8 Å². The van der Waals surface area contributed by atoms with E-state index in [4.69, 9.17) is 4.98 Å². The summed E-state index contributed by atoms with van der Waals surface area (Å²) >= 11 is 0. The molecule has 2 bridgehead atoms. The molecule has 6 rings (SSSR count). The van der Waals surface area contributed by atoms with Gasteiger partial charge >= 0.3 is 0 Å². The SMILES string of the molecule is Cc1ccc(-c2ccccc2)c(C(=O)N2CC3CC(C2)CN(c2ncc4ccccc4n2)C3)c1. The first kappa shape index (κ1) is 20.8. The van der Waals surface area contributed by atoms with Gasteiger partial charge in [-0.05, 0) is 48.4 Å². The third-order valence-corrected chi connectivity index (χ3v) is 7.12. The first-order valence-corrected chi connectivity index (χ1v) is 12.1. The van der Waals surface area contributed by atoms with Gasteiger partial charge in [0.1, 0.15) is 0 Å². The molecule has 2 aliphatic heterocycles. The largest absolute Gasteiger partial charge is 0.340 e. The first-order valence-electron chi connectivity index (χ1n) is 12.1. The topological polar surface area (TPSA) is 49.3 Å². The lowest BCUT2D eigenvalue weighted by Crippen LogP contribution is -2.54. The predicted octanol–water partition coefficient (Wildman–Crippen LogP) is 5.20. The molecule has 2 unspecified atom stereocenters. The van der Waals surface area contributed by atoms with E-state index in [1.165, 1.54) is 0 Å². The second-order valence-electron chi connectivity index (χ2n) is 9.73. The van der Waals surface area contributed by atoms with Crippen LogP contribution < -0.4 is 4.90 Å². The Morgan fingerprint density at radius 3 is 2.41 bits per heavy atom. The smallest absolute Gasteiger partial charge is 0.254 e. The number of fused-ring (bicyclic) bond motifs is 3. The molecule has 0 spiro atoms. The summed E-state index contributed by atoms with van der Waals surface area (Å²) in [7, 11) is 0. The van der Waals surface area contributed by atoms with Crippen LogP contribution in [0.5, 0.6) is 0 Å². The van der Waals surface area contributed by atoms with Crippen molar-refractivity contribution in [3.63, 3.8) is 0 Å². The van der Waals surface area contributed by atoms with Crippen LogP contribution in [0.4, 0.5) is 5.95 Å². The van der Waals surface area contributed by atoms with E-state index in [9.17, 15) is 4.79 Å². The molecule has 1 amide bonds. The van der Waals surface area contributed by atoms with Crippen LogP contribution in [-0.2, 0) is 0 Å². The Hall–Kier alpha value is -3.73. The second-order valence-corrected chi connectivity index (χ2v) is 9.73. The zero-order valence-electron chi connectivity index (χ0n) is 19.4. The number of amides is 1. The Morgan fingerprint density at radius 2 is 1.62 bits per heavy atom. The second kappa shape index (κ2) is 8.56. The van der Waals surface area contributed by atoms with Gasteiger partial charge in [0.25, 0.3) is 5.91 Å². The van der Waals surface area contributed by atoms with Crippen LogP contribution in [0.2, 0.25) is 0 Å². The maximum Gasteiger partial charge on any atom is 0.254 e. The Kier molecular flexibility index (Phi) is 5.25. The highest BCUT2D eigenvalue weighted by atomic mass is 16.2. The van der Waals surface area contributed by atoms with E-state index in [0.29, 0.717) is 11.8 Å². The van der Waals surface area contributed by atoms with Crippen molar-refractivity contribution in [3.05, 3.63) is 90.1 Å². The summed E-state index contributed by atoms with van der Waals surface area (Å²) in [6, 6.07) is 24.5. The maximum atomic E-state index is 13.8. The van der Waals surface area contributed by atoms with Crippen molar-refractivity contribution < 1.29 is 4.79 Å². The third-order valence-electron chi connectivity index (χ3n) is 7.12. The average molecular weight is 449 g/mol. The number of aromatic nitrogens is 2. The van der Waals surface area contributed by atoms with Gasteiger partial charge in [-0.1, -0.05) is 66.2 Å². The normalized spacial score (nSPS) is 19.9. The number of carbonyl (C=O) groups excluding carboxylic acids is 1. The minimum atomic E-state index is 0.146. The Morgan fingerprint density at radius 1 is 0.882 bits per heavy atom. The number of benzene rings is 3. The summed E-state index contributed by atoms with van der Waals surface area (Å²) in [4.78, 5) is 27.6. The highest BCUT2D eigenvalue weighted by Crippen LogP contribution is 2.33. The molecule has 0 saturated carbocycles. The van der Waals surface area contributed by atoms with Crippen molar-refractivity contribution in [2.75, 3.05) is 31.1 Å². The quantitative estimate of drug-likeness (QED) is 0.432. The minimum Gasteiger partial charge on any atom is -0.340 e. The molecule has 2 saturated heterocycles. The monoisotopic (exact) mass is 448 g/mol. The molecule has 0 aliphatic carbocycles. The van der Waals surface area contributed by atoms with Crippen molar-refractivity contribution >= 4 is 22.8 Å².